The smallest absolute Gasteiger partial charge is 0.326 e. The highest BCUT2D eigenvalue weighted by Crippen LogP contribution is 2.18. The first-order valence-corrected chi connectivity index (χ1v) is 7.14. The van der Waals surface area contributed by atoms with E-state index in [2.05, 4.69) is 17.2 Å². The van der Waals surface area contributed by atoms with Gasteiger partial charge in [0.25, 0.3) is 0 Å². The molecule has 0 radical (unpaired) electrons. The molecule has 2 heterocycles. The van der Waals surface area contributed by atoms with E-state index in [0.29, 0.717) is 19.5 Å². The van der Waals surface area contributed by atoms with E-state index < -0.39 is 12.0 Å². The van der Waals surface area contributed by atoms with Gasteiger partial charge in [-0.1, -0.05) is 6.92 Å². The fourth-order valence-electron chi connectivity index (χ4n) is 2.11. The van der Waals surface area contributed by atoms with Gasteiger partial charge in [0.05, 0.1) is 6.54 Å². The minimum Gasteiger partial charge on any atom is -0.480 e. The molecule has 1 fully saturated rings. The lowest BCUT2D eigenvalue weighted by molar-refractivity contribution is -0.141. The first-order chi connectivity index (χ1) is 9.11. The molecule has 0 bridgehead atoms. The number of aryl methyl sites for hydroxylation is 1. The number of rotatable bonds is 4. The highest BCUT2D eigenvalue weighted by Gasteiger charge is 2.33. The molecule has 2 amide bonds. The van der Waals surface area contributed by atoms with Crippen LogP contribution in [0.25, 0.3) is 0 Å². The molecular formula is C12H17N3O3S. The van der Waals surface area contributed by atoms with E-state index in [1.165, 1.54) is 9.78 Å². The minimum absolute atomic E-state index is 0.321. The summed E-state index contributed by atoms with van der Waals surface area (Å²) in [5, 5.41) is 12.6. The van der Waals surface area contributed by atoms with Crippen molar-refractivity contribution in [3.05, 3.63) is 16.1 Å². The number of hydrogen-bond acceptors (Lipinski definition) is 4. The van der Waals surface area contributed by atoms with Crippen LogP contribution in [-0.2, 0) is 17.8 Å². The normalized spacial score (nSPS) is 18.6. The quantitative estimate of drug-likeness (QED) is 0.876. The van der Waals surface area contributed by atoms with Crippen molar-refractivity contribution in [1.82, 2.24) is 15.2 Å². The van der Waals surface area contributed by atoms with Crippen molar-refractivity contribution in [3.8, 4) is 0 Å². The Balaban J connectivity index is 1.88. The standard InChI is InChI=1S/C12H17N3O3S/c1-2-8-6-13-10(19-8)7-14-12(18)15-5-3-4-9(15)11(16)17/h6,9H,2-5,7H2,1H3,(H,14,18)(H,16,17). The monoisotopic (exact) mass is 283 g/mol. The second-order valence-electron chi connectivity index (χ2n) is 4.42. The molecule has 2 rings (SSSR count). The number of likely N-dealkylation sites (tertiary alicyclic amines) is 1. The average molecular weight is 283 g/mol. The van der Waals surface area contributed by atoms with Crippen molar-refractivity contribution in [3.63, 3.8) is 0 Å². The van der Waals surface area contributed by atoms with Crippen molar-refractivity contribution in [2.45, 2.75) is 38.8 Å². The molecule has 1 saturated heterocycles. The van der Waals surface area contributed by atoms with Crippen molar-refractivity contribution >= 4 is 23.3 Å². The third kappa shape index (κ3) is 3.23. The maximum Gasteiger partial charge on any atom is 0.326 e. The molecule has 1 aliphatic rings. The van der Waals surface area contributed by atoms with Crippen LogP contribution in [0.2, 0.25) is 0 Å². The molecule has 1 atom stereocenters. The zero-order valence-electron chi connectivity index (χ0n) is 10.8. The van der Waals surface area contributed by atoms with Crippen LogP contribution < -0.4 is 5.32 Å². The average Bonchev–Trinajstić information content (AvgIpc) is 3.04. The van der Waals surface area contributed by atoms with E-state index in [-0.39, 0.29) is 6.03 Å². The van der Waals surface area contributed by atoms with Crippen molar-refractivity contribution < 1.29 is 14.7 Å². The SMILES string of the molecule is CCc1cnc(CNC(=O)N2CCCC2C(=O)O)s1. The number of urea groups is 1. The number of amides is 2. The van der Waals surface area contributed by atoms with Gasteiger partial charge in [-0.3, -0.25) is 0 Å². The molecule has 2 N–H and O–H groups in total. The minimum atomic E-state index is -0.935. The fraction of sp³-hybridized carbons (Fsp3) is 0.583. The van der Waals surface area contributed by atoms with E-state index in [1.807, 2.05) is 6.20 Å². The molecule has 1 aromatic heterocycles. The van der Waals surface area contributed by atoms with E-state index >= 15 is 0 Å². The number of carbonyl (C=O) groups excluding carboxylic acids is 1. The summed E-state index contributed by atoms with van der Waals surface area (Å²) in [4.78, 5) is 29.7. The lowest BCUT2D eigenvalue weighted by Crippen LogP contribution is -2.45. The Kier molecular flexibility index (Phi) is 4.36. The van der Waals surface area contributed by atoms with E-state index in [0.717, 1.165) is 17.8 Å². The van der Waals surface area contributed by atoms with Gasteiger partial charge in [0, 0.05) is 17.6 Å². The number of carbonyl (C=O) groups is 2. The van der Waals surface area contributed by atoms with Gasteiger partial charge in [-0.2, -0.15) is 0 Å². The molecule has 0 aromatic carbocycles. The molecular weight excluding hydrogens is 266 g/mol. The highest BCUT2D eigenvalue weighted by molar-refractivity contribution is 7.11. The Bertz CT molecular complexity index is 475. The summed E-state index contributed by atoms with van der Waals surface area (Å²) in [5.41, 5.74) is 0. The number of thiazole rings is 1. The Morgan fingerprint density at radius 3 is 3.05 bits per heavy atom. The first kappa shape index (κ1) is 13.8. The summed E-state index contributed by atoms with van der Waals surface area (Å²) in [5.74, 6) is -0.935. The summed E-state index contributed by atoms with van der Waals surface area (Å²) >= 11 is 1.56. The summed E-state index contributed by atoms with van der Waals surface area (Å²) in [6.07, 6.45) is 4.00. The molecule has 1 aromatic rings. The first-order valence-electron chi connectivity index (χ1n) is 6.32. The second-order valence-corrected chi connectivity index (χ2v) is 5.62. The van der Waals surface area contributed by atoms with Crippen LogP contribution in [0, 0.1) is 0 Å². The predicted molar refractivity (Wildman–Crippen MR) is 71.1 cm³/mol. The number of hydrogen-bond donors (Lipinski definition) is 2. The molecule has 104 valence electrons. The summed E-state index contributed by atoms with van der Waals surface area (Å²) in [6, 6.07) is -1.01. The molecule has 0 aliphatic carbocycles. The van der Waals surface area contributed by atoms with Gasteiger partial charge in [-0.05, 0) is 19.3 Å². The van der Waals surface area contributed by atoms with Gasteiger partial charge >= 0.3 is 12.0 Å². The molecule has 0 saturated carbocycles. The van der Waals surface area contributed by atoms with E-state index in [1.54, 1.807) is 11.3 Å². The Labute approximate surface area is 115 Å². The number of carboxylic acids is 1. The van der Waals surface area contributed by atoms with E-state index in [9.17, 15) is 9.59 Å². The summed E-state index contributed by atoms with van der Waals surface area (Å²) in [7, 11) is 0. The van der Waals surface area contributed by atoms with Gasteiger partial charge < -0.3 is 15.3 Å². The van der Waals surface area contributed by atoms with Crippen LogP contribution in [0.3, 0.4) is 0 Å². The maximum absolute atomic E-state index is 11.9. The molecule has 1 aliphatic heterocycles. The zero-order chi connectivity index (χ0) is 13.8. The zero-order valence-corrected chi connectivity index (χ0v) is 11.6. The number of carboxylic acid groups (broad SMARTS) is 1. The van der Waals surface area contributed by atoms with Crippen LogP contribution in [0.4, 0.5) is 4.79 Å². The van der Waals surface area contributed by atoms with Gasteiger partial charge in [-0.15, -0.1) is 11.3 Å². The number of aromatic nitrogens is 1. The molecule has 7 heteroatoms. The fourth-order valence-corrected chi connectivity index (χ4v) is 2.91. The third-order valence-electron chi connectivity index (χ3n) is 3.14. The maximum atomic E-state index is 11.9. The lowest BCUT2D eigenvalue weighted by atomic mass is 10.2. The highest BCUT2D eigenvalue weighted by atomic mass is 32.1. The largest absolute Gasteiger partial charge is 0.480 e. The third-order valence-corrected chi connectivity index (χ3v) is 4.28. The predicted octanol–water partition coefficient (Wildman–Crippen LogP) is 1.46. The van der Waals surface area contributed by atoms with Crippen molar-refractivity contribution in [1.29, 1.82) is 0 Å². The molecule has 19 heavy (non-hydrogen) atoms. The topological polar surface area (TPSA) is 82.5 Å². The van der Waals surface area contributed by atoms with Crippen LogP contribution in [0.1, 0.15) is 29.7 Å². The number of nitrogens with one attached hydrogen (secondary N) is 1. The van der Waals surface area contributed by atoms with E-state index in [4.69, 9.17) is 5.11 Å². The van der Waals surface area contributed by atoms with Crippen LogP contribution in [-0.4, -0.2) is 39.6 Å². The van der Waals surface area contributed by atoms with Gasteiger partial charge in [-0.25, -0.2) is 14.6 Å². The molecule has 0 spiro atoms. The van der Waals surface area contributed by atoms with Crippen LogP contribution >= 0.6 is 11.3 Å². The second kappa shape index (κ2) is 6.01. The summed E-state index contributed by atoms with van der Waals surface area (Å²) < 4.78 is 0. The summed E-state index contributed by atoms with van der Waals surface area (Å²) in [6.45, 7) is 2.91. The molecule has 1 unspecified atom stereocenters. The molecule has 6 nitrogen and oxygen atoms in total. The van der Waals surface area contributed by atoms with Crippen LogP contribution in [0.15, 0.2) is 6.20 Å². The van der Waals surface area contributed by atoms with Gasteiger partial charge in [0.2, 0.25) is 0 Å². The van der Waals surface area contributed by atoms with Crippen molar-refractivity contribution in [2.24, 2.45) is 0 Å². The van der Waals surface area contributed by atoms with Gasteiger partial charge in [0.1, 0.15) is 11.0 Å². The number of aliphatic carboxylic acids is 1. The van der Waals surface area contributed by atoms with Gasteiger partial charge in [0.15, 0.2) is 0 Å². The Hall–Kier alpha value is -1.63. The lowest BCUT2D eigenvalue weighted by Gasteiger charge is -2.21. The van der Waals surface area contributed by atoms with Crippen molar-refractivity contribution in [2.75, 3.05) is 6.54 Å². The Morgan fingerprint density at radius 2 is 2.42 bits per heavy atom. The van der Waals surface area contributed by atoms with Crippen LogP contribution in [0.5, 0.6) is 0 Å². The number of nitrogens with zero attached hydrogens (tertiary/aromatic N) is 2. The Morgan fingerprint density at radius 1 is 1.63 bits per heavy atom.